The van der Waals surface area contributed by atoms with E-state index in [0.717, 1.165) is 5.56 Å². The summed E-state index contributed by atoms with van der Waals surface area (Å²) in [5.74, 6) is -1.68. The number of aryl methyl sites for hydroxylation is 1. The van der Waals surface area contributed by atoms with Crippen LogP contribution in [0.5, 0.6) is 0 Å². The van der Waals surface area contributed by atoms with Crippen LogP contribution < -0.4 is 5.32 Å². The SMILES string of the molecule is O=C(CCc1ccncc1)NCCc1noc(C(F)(F)F)n1. The molecular formula is C13H13F3N4O2. The largest absolute Gasteiger partial charge is 0.471 e. The average molecular weight is 314 g/mol. The molecule has 22 heavy (non-hydrogen) atoms. The number of amides is 1. The first-order valence-corrected chi connectivity index (χ1v) is 6.50. The number of rotatable bonds is 6. The lowest BCUT2D eigenvalue weighted by molar-refractivity contribution is -0.159. The summed E-state index contributed by atoms with van der Waals surface area (Å²) in [6, 6.07) is 3.62. The molecule has 2 aromatic rings. The van der Waals surface area contributed by atoms with E-state index in [1.165, 1.54) is 0 Å². The monoisotopic (exact) mass is 314 g/mol. The fourth-order valence-electron chi connectivity index (χ4n) is 1.68. The number of pyridine rings is 1. The molecule has 0 aliphatic carbocycles. The highest BCUT2D eigenvalue weighted by atomic mass is 19.4. The van der Waals surface area contributed by atoms with Gasteiger partial charge >= 0.3 is 12.1 Å². The summed E-state index contributed by atoms with van der Waals surface area (Å²) in [5.41, 5.74) is 0.984. The molecule has 1 amide bonds. The molecular weight excluding hydrogens is 301 g/mol. The Morgan fingerprint density at radius 2 is 1.95 bits per heavy atom. The molecule has 0 saturated carbocycles. The molecule has 1 N–H and O–H groups in total. The zero-order chi connectivity index (χ0) is 16.0. The van der Waals surface area contributed by atoms with Gasteiger partial charge in [0, 0.05) is 31.8 Å². The minimum Gasteiger partial charge on any atom is -0.356 e. The van der Waals surface area contributed by atoms with Crippen molar-refractivity contribution in [3.05, 3.63) is 41.8 Å². The Balaban J connectivity index is 1.70. The molecule has 2 rings (SSSR count). The van der Waals surface area contributed by atoms with Crippen molar-refractivity contribution in [3.63, 3.8) is 0 Å². The summed E-state index contributed by atoms with van der Waals surface area (Å²) < 4.78 is 40.8. The summed E-state index contributed by atoms with van der Waals surface area (Å²) in [6.45, 7) is 0.145. The second-order valence-electron chi connectivity index (χ2n) is 4.47. The average Bonchev–Trinajstić information content (AvgIpc) is 2.95. The van der Waals surface area contributed by atoms with Gasteiger partial charge in [-0.05, 0) is 24.1 Å². The van der Waals surface area contributed by atoms with Gasteiger partial charge in [-0.3, -0.25) is 9.78 Å². The van der Waals surface area contributed by atoms with Gasteiger partial charge in [0.05, 0.1) is 0 Å². The Hall–Kier alpha value is -2.45. The maximum Gasteiger partial charge on any atom is 0.471 e. The van der Waals surface area contributed by atoms with Crippen LogP contribution in [0, 0.1) is 0 Å². The normalized spacial score (nSPS) is 11.4. The van der Waals surface area contributed by atoms with Gasteiger partial charge in [-0.25, -0.2) is 0 Å². The fraction of sp³-hybridized carbons (Fsp3) is 0.385. The molecule has 6 nitrogen and oxygen atoms in total. The van der Waals surface area contributed by atoms with Crippen molar-refractivity contribution in [1.82, 2.24) is 20.4 Å². The van der Waals surface area contributed by atoms with E-state index in [2.05, 4.69) is 25.0 Å². The second-order valence-corrected chi connectivity index (χ2v) is 4.47. The van der Waals surface area contributed by atoms with Crippen LogP contribution in [-0.2, 0) is 23.8 Å². The summed E-state index contributed by atoms with van der Waals surface area (Å²) >= 11 is 0. The molecule has 0 unspecified atom stereocenters. The molecule has 2 aromatic heterocycles. The summed E-state index contributed by atoms with van der Waals surface area (Å²) in [7, 11) is 0. The van der Waals surface area contributed by atoms with Crippen molar-refractivity contribution in [1.29, 1.82) is 0 Å². The van der Waals surface area contributed by atoms with Crippen LogP contribution in [-0.4, -0.2) is 27.6 Å². The molecule has 0 atom stereocenters. The van der Waals surface area contributed by atoms with E-state index in [1.807, 2.05) is 12.1 Å². The number of carbonyl (C=O) groups is 1. The van der Waals surface area contributed by atoms with Crippen LogP contribution in [0.2, 0.25) is 0 Å². The van der Waals surface area contributed by atoms with Crippen LogP contribution in [0.15, 0.2) is 29.0 Å². The lowest BCUT2D eigenvalue weighted by Gasteiger charge is -2.03. The van der Waals surface area contributed by atoms with E-state index in [0.29, 0.717) is 6.42 Å². The van der Waals surface area contributed by atoms with Crippen LogP contribution in [0.4, 0.5) is 13.2 Å². The van der Waals surface area contributed by atoms with E-state index < -0.39 is 12.1 Å². The topological polar surface area (TPSA) is 80.9 Å². The van der Waals surface area contributed by atoms with Crippen molar-refractivity contribution in [2.75, 3.05) is 6.54 Å². The van der Waals surface area contributed by atoms with Gasteiger partial charge in [-0.1, -0.05) is 5.16 Å². The van der Waals surface area contributed by atoms with Gasteiger partial charge in [0.1, 0.15) is 0 Å². The van der Waals surface area contributed by atoms with Gasteiger partial charge in [-0.2, -0.15) is 18.2 Å². The number of nitrogens with one attached hydrogen (secondary N) is 1. The molecule has 0 aliphatic rings. The van der Waals surface area contributed by atoms with Gasteiger partial charge in [-0.15, -0.1) is 0 Å². The standard InChI is InChI=1S/C13H13F3N4O2/c14-13(15,16)12-19-10(20-22-12)5-8-18-11(21)2-1-9-3-6-17-7-4-9/h3-4,6-7H,1-2,5,8H2,(H,18,21). The first-order chi connectivity index (χ1) is 10.4. The van der Waals surface area contributed by atoms with Crippen molar-refractivity contribution >= 4 is 5.91 Å². The molecule has 118 valence electrons. The number of carbonyl (C=O) groups excluding carboxylic acids is 1. The smallest absolute Gasteiger partial charge is 0.356 e. The number of alkyl halides is 3. The van der Waals surface area contributed by atoms with E-state index in [-0.39, 0.29) is 31.1 Å². The maximum absolute atomic E-state index is 12.2. The minimum atomic E-state index is -4.65. The van der Waals surface area contributed by atoms with Crippen molar-refractivity contribution in [2.24, 2.45) is 0 Å². The van der Waals surface area contributed by atoms with Crippen molar-refractivity contribution < 1.29 is 22.5 Å². The number of nitrogens with zero attached hydrogens (tertiary/aromatic N) is 3. The van der Waals surface area contributed by atoms with E-state index in [4.69, 9.17) is 0 Å². The highest BCUT2D eigenvalue weighted by Crippen LogP contribution is 2.27. The second kappa shape index (κ2) is 7.01. The Labute approximate surface area is 123 Å². The Bertz CT molecular complexity index is 613. The summed E-state index contributed by atoms with van der Waals surface area (Å²) in [5, 5.41) is 5.80. The predicted octanol–water partition coefficient (Wildman–Crippen LogP) is 1.77. The lowest BCUT2D eigenvalue weighted by Crippen LogP contribution is -2.26. The zero-order valence-corrected chi connectivity index (χ0v) is 11.4. The van der Waals surface area contributed by atoms with Crippen LogP contribution in [0.3, 0.4) is 0 Å². The molecule has 0 spiro atoms. The first-order valence-electron chi connectivity index (χ1n) is 6.50. The fourth-order valence-corrected chi connectivity index (χ4v) is 1.68. The Morgan fingerprint density at radius 1 is 1.23 bits per heavy atom. The predicted molar refractivity (Wildman–Crippen MR) is 68.6 cm³/mol. The molecule has 0 saturated heterocycles. The molecule has 0 aromatic carbocycles. The third-order valence-electron chi connectivity index (χ3n) is 2.77. The molecule has 9 heteroatoms. The van der Waals surface area contributed by atoms with Gasteiger partial charge < -0.3 is 9.84 Å². The number of hydrogen-bond donors (Lipinski definition) is 1. The molecule has 0 aliphatic heterocycles. The number of halogens is 3. The Kier molecular flexibility index (Phi) is 5.08. The van der Waals surface area contributed by atoms with Gasteiger partial charge in [0.2, 0.25) is 5.91 Å². The highest BCUT2D eigenvalue weighted by molar-refractivity contribution is 5.76. The molecule has 2 heterocycles. The minimum absolute atomic E-state index is 0.0700. The van der Waals surface area contributed by atoms with E-state index in [9.17, 15) is 18.0 Å². The van der Waals surface area contributed by atoms with E-state index in [1.54, 1.807) is 12.4 Å². The maximum atomic E-state index is 12.2. The van der Waals surface area contributed by atoms with Crippen LogP contribution >= 0.6 is 0 Å². The van der Waals surface area contributed by atoms with Gasteiger partial charge in [0.25, 0.3) is 0 Å². The van der Waals surface area contributed by atoms with Crippen LogP contribution in [0.25, 0.3) is 0 Å². The lowest BCUT2D eigenvalue weighted by atomic mass is 10.1. The van der Waals surface area contributed by atoms with Crippen LogP contribution in [0.1, 0.15) is 23.7 Å². The third kappa shape index (κ3) is 4.83. The summed E-state index contributed by atoms with van der Waals surface area (Å²) in [6.07, 6.45) is -0.456. The van der Waals surface area contributed by atoms with E-state index >= 15 is 0 Å². The highest BCUT2D eigenvalue weighted by Gasteiger charge is 2.38. The van der Waals surface area contributed by atoms with Crippen molar-refractivity contribution in [3.8, 4) is 0 Å². The summed E-state index contributed by atoms with van der Waals surface area (Å²) in [4.78, 5) is 18.7. The Morgan fingerprint density at radius 3 is 2.59 bits per heavy atom. The van der Waals surface area contributed by atoms with Gasteiger partial charge in [0.15, 0.2) is 5.82 Å². The number of hydrogen-bond acceptors (Lipinski definition) is 5. The van der Waals surface area contributed by atoms with Crippen molar-refractivity contribution in [2.45, 2.75) is 25.4 Å². The molecule has 0 fully saturated rings. The third-order valence-corrected chi connectivity index (χ3v) is 2.77. The molecule has 0 radical (unpaired) electrons. The molecule has 0 bridgehead atoms. The quantitative estimate of drug-likeness (QED) is 0.879. The first kappa shape index (κ1) is 15.9. The zero-order valence-electron chi connectivity index (χ0n) is 11.4. The number of aromatic nitrogens is 3.